The minimum absolute atomic E-state index is 0.406. The van der Waals surface area contributed by atoms with Crippen molar-refractivity contribution in [3.05, 3.63) is 12.2 Å². The predicted molar refractivity (Wildman–Crippen MR) is 35.7 cm³/mol. The van der Waals surface area contributed by atoms with E-state index in [0.29, 0.717) is 6.16 Å². The Hall–Kier alpha value is 0.0900. The summed E-state index contributed by atoms with van der Waals surface area (Å²) in [5.41, 5.74) is 0. The zero-order valence-corrected chi connectivity index (χ0v) is 5.80. The van der Waals surface area contributed by atoms with Gasteiger partial charge in [-0.15, -0.1) is 0 Å². The van der Waals surface area contributed by atoms with Crippen molar-refractivity contribution in [2.45, 2.75) is 13.3 Å². The topological polar surface area (TPSA) is 40.5 Å². The zero-order valence-electron chi connectivity index (χ0n) is 4.91. The van der Waals surface area contributed by atoms with Gasteiger partial charge in [0.05, 0.1) is 0 Å². The average molecular weight is 134 g/mol. The molecule has 0 bridgehead atoms. The van der Waals surface area contributed by atoms with Crippen LogP contribution in [-0.2, 0) is 0 Å². The van der Waals surface area contributed by atoms with Gasteiger partial charge in [0.2, 0.25) is 0 Å². The van der Waals surface area contributed by atoms with Gasteiger partial charge >= 0.3 is 0 Å². The van der Waals surface area contributed by atoms with Gasteiger partial charge in [-0.25, -0.2) is 0 Å². The van der Waals surface area contributed by atoms with Crippen LogP contribution in [0, 0.1) is 0 Å². The van der Waals surface area contributed by atoms with Gasteiger partial charge in [0.1, 0.15) is 0 Å². The van der Waals surface area contributed by atoms with Crippen LogP contribution < -0.4 is 0 Å². The predicted octanol–water partition coefficient (Wildman–Crippen LogP) is 1.25. The summed E-state index contributed by atoms with van der Waals surface area (Å²) in [6.45, 7) is 2.01. The Bertz CT molecular complexity index is 70.8. The number of rotatable bonds is 3. The first kappa shape index (κ1) is 8.09. The number of hydrogen-bond acceptors (Lipinski definition) is 2. The van der Waals surface area contributed by atoms with Crippen molar-refractivity contribution in [1.82, 2.24) is 0 Å². The van der Waals surface area contributed by atoms with E-state index in [0.717, 1.165) is 6.42 Å². The fraction of sp³-hybridized carbons (Fsp3) is 0.600. The molecule has 0 unspecified atom stereocenters. The van der Waals surface area contributed by atoms with Crippen molar-refractivity contribution >= 4 is 8.38 Å². The molecule has 48 valence electrons. The highest BCUT2D eigenvalue weighted by Crippen LogP contribution is 2.21. The summed E-state index contributed by atoms with van der Waals surface area (Å²) >= 11 is 0. The molecule has 0 atom stereocenters. The summed E-state index contributed by atoms with van der Waals surface area (Å²) < 4.78 is 0. The Kier molecular flexibility index (Phi) is 5.29. The second-order valence-electron chi connectivity index (χ2n) is 1.43. The lowest BCUT2D eigenvalue weighted by Gasteiger charge is -1.92. The van der Waals surface area contributed by atoms with Crippen LogP contribution in [0.2, 0.25) is 0 Å². The first-order valence-corrected chi connectivity index (χ1v) is 4.01. The molecular formula is C5H11O2P. The molecule has 0 amide bonds. The minimum atomic E-state index is -1.70. The smallest absolute Gasteiger partial charge is 0.168 e. The molecule has 0 saturated carbocycles. The minimum Gasteiger partial charge on any atom is -0.350 e. The molecule has 0 aliphatic heterocycles. The molecule has 0 heterocycles. The van der Waals surface area contributed by atoms with Gasteiger partial charge in [0.25, 0.3) is 0 Å². The SMILES string of the molecule is CC/C=C/CP(O)O. The summed E-state index contributed by atoms with van der Waals surface area (Å²) in [4.78, 5) is 16.7. The molecule has 0 fully saturated rings. The van der Waals surface area contributed by atoms with Crippen LogP contribution in [-0.4, -0.2) is 15.9 Å². The average Bonchev–Trinajstić information content (AvgIpc) is 1.66. The highest BCUT2D eigenvalue weighted by atomic mass is 31.2. The highest BCUT2D eigenvalue weighted by molar-refractivity contribution is 7.45. The molecule has 8 heavy (non-hydrogen) atoms. The molecule has 0 aliphatic carbocycles. The quantitative estimate of drug-likeness (QED) is 0.450. The van der Waals surface area contributed by atoms with Crippen molar-refractivity contribution in [2.75, 3.05) is 6.16 Å². The molecule has 0 aromatic rings. The van der Waals surface area contributed by atoms with Crippen LogP contribution in [0.25, 0.3) is 0 Å². The van der Waals surface area contributed by atoms with Crippen molar-refractivity contribution in [3.8, 4) is 0 Å². The van der Waals surface area contributed by atoms with Crippen molar-refractivity contribution in [3.63, 3.8) is 0 Å². The van der Waals surface area contributed by atoms with Gasteiger partial charge in [-0.1, -0.05) is 19.1 Å². The molecule has 0 spiro atoms. The maximum atomic E-state index is 8.35. The first-order valence-electron chi connectivity index (χ1n) is 2.57. The van der Waals surface area contributed by atoms with E-state index in [1.54, 1.807) is 6.08 Å². The van der Waals surface area contributed by atoms with E-state index < -0.39 is 8.38 Å². The van der Waals surface area contributed by atoms with Crippen LogP contribution in [0.4, 0.5) is 0 Å². The molecule has 3 heteroatoms. The van der Waals surface area contributed by atoms with Crippen molar-refractivity contribution in [1.29, 1.82) is 0 Å². The molecule has 0 aromatic heterocycles. The summed E-state index contributed by atoms with van der Waals surface area (Å²) in [5.74, 6) is 0. The lowest BCUT2D eigenvalue weighted by atomic mass is 10.4. The van der Waals surface area contributed by atoms with Gasteiger partial charge in [0, 0.05) is 6.16 Å². The van der Waals surface area contributed by atoms with Gasteiger partial charge < -0.3 is 9.79 Å². The summed E-state index contributed by atoms with van der Waals surface area (Å²) in [6, 6.07) is 0. The molecular weight excluding hydrogens is 123 g/mol. The normalized spacial score (nSPS) is 11.5. The first-order chi connectivity index (χ1) is 3.77. The van der Waals surface area contributed by atoms with E-state index in [9.17, 15) is 0 Å². The lowest BCUT2D eigenvalue weighted by molar-refractivity contribution is 0.487. The third kappa shape index (κ3) is 6.09. The third-order valence-corrected chi connectivity index (χ3v) is 1.21. The van der Waals surface area contributed by atoms with E-state index in [4.69, 9.17) is 9.79 Å². The number of hydrogen-bond donors (Lipinski definition) is 2. The summed E-state index contributed by atoms with van der Waals surface area (Å²) in [6.07, 6.45) is 5.07. The lowest BCUT2D eigenvalue weighted by Crippen LogP contribution is -1.73. The molecule has 0 rings (SSSR count). The monoisotopic (exact) mass is 134 g/mol. The van der Waals surface area contributed by atoms with Crippen LogP contribution in [0.5, 0.6) is 0 Å². The Labute approximate surface area is 50.8 Å². The van der Waals surface area contributed by atoms with Crippen LogP contribution in [0.3, 0.4) is 0 Å². The maximum absolute atomic E-state index is 8.35. The largest absolute Gasteiger partial charge is 0.350 e. The summed E-state index contributed by atoms with van der Waals surface area (Å²) in [7, 11) is -1.70. The van der Waals surface area contributed by atoms with Crippen molar-refractivity contribution < 1.29 is 9.79 Å². The van der Waals surface area contributed by atoms with Crippen LogP contribution in [0.1, 0.15) is 13.3 Å². The highest BCUT2D eigenvalue weighted by Gasteiger charge is 1.89. The van der Waals surface area contributed by atoms with Gasteiger partial charge in [0.15, 0.2) is 8.38 Å². The Balaban J connectivity index is 3.03. The van der Waals surface area contributed by atoms with Crippen molar-refractivity contribution in [2.24, 2.45) is 0 Å². The Morgan fingerprint density at radius 2 is 2.00 bits per heavy atom. The van der Waals surface area contributed by atoms with E-state index in [2.05, 4.69) is 0 Å². The van der Waals surface area contributed by atoms with E-state index in [-0.39, 0.29) is 0 Å². The Morgan fingerprint density at radius 3 is 2.38 bits per heavy atom. The van der Waals surface area contributed by atoms with Gasteiger partial charge in [-0.05, 0) is 6.42 Å². The van der Waals surface area contributed by atoms with E-state index >= 15 is 0 Å². The second kappa shape index (κ2) is 5.23. The van der Waals surface area contributed by atoms with Crippen LogP contribution >= 0.6 is 8.38 Å². The van der Waals surface area contributed by atoms with E-state index in [1.807, 2.05) is 13.0 Å². The molecule has 0 saturated heterocycles. The second-order valence-corrected chi connectivity index (χ2v) is 2.54. The van der Waals surface area contributed by atoms with Crippen LogP contribution in [0.15, 0.2) is 12.2 Å². The molecule has 2 nitrogen and oxygen atoms in total. The standard InChI is InChI=1S/C5H11O2P/c1-2-3-4-5-8(6)7/h3-4,6-7H,2,5H2,1H3/b4-3+. The molecule has 2 N–H and O–H groups in total. The fourth-order valence-corrected chi connectivity index (χ4v) is 0.673. The van der Waals surface area contributed by atoms with Gasteiger partial charge in [-0.2, -0.15) is 0 Å². The summed E-state index contributed by atoms with van der Waals surface area (Å²) in [5, 5.41) is 0. The fourth-order valence-electron chi connectivity index (χ4n) is 0.335. The zero-order chi connectivity index (χ0) is 6.41. The molecule has 0 aliphatic rings. The third-order valence-electron chi connectivity index (χ3n) is 0.671. The van der Waals surface area contributed by atoms with Gasteiger partial charge in [-0.3, -0.25) is 0 Å². The Morgan fingerprint density at radius 1 is 1.38 bits per heavy atom. The maximum Gasteiger partial charge on any atom is 0.168 e. The molecule has 0 aromatic carbocycles. The number of allylic oxidation sites excluding steroid dienone is 2. The van der Waals surface area contributed by atoms with E-state index in [1.165, 1.54) is 0 Å². The molecule has 0 radical (unpaired) electrons.